The summed E-state index contributed by atoms with van der Waals surface area (Å²) in [6.45, 7) is 5.60. The van der Waals surface area contributed by atoms with E-state index in [1.165, 1.54) is 6.20 Å². The van der Waals surface area contributed by atoms with Crippen molar-refractivity contribution in [3.63, 3.8) is 0 Å². The van der Waals surface area contributed by atoms with Crippen LogP contribution in [0.3, 0.4) is 0 Å². The molecule has 2 atom stereocenters. The van der Waals surface area contributed by atoms with Gasteiger partial charge < -0.3 is 15.0 Å². The number of amides is 1. The normalized spacial score (nSPS) is 23.5. The van der Waals surface area contributed by atoms with Crippen LogP contribution in [0.1, 0.15) is 46.5 Å². The molecule has 2 bridgehead atoms. The largest absolute Gasteiger partial charge is 0.444 e. The Labute approximate surface area is 183 Å². The summed E-state index contributed by atoms with van der Waals surface area (Å²) in [6, 6.07) is 5.74. The van der Waals surface area contributed by atoms with E-state index in [1.54, 1.807) is 0 Å². The number of aromatic nitrogens is 1. The van der Waals surface area contributed by atoms with Crippen LogP contribution in [0.4, 0.5) is 16.2 Å². The first-order chi connectivity index (χ1) is 14.1. The molecule has 2 unspecified atom stereocenters. The van der Waals surface area contributed by atoms with Gasteiger partial charge in [0.1, 0.15) is 17.5 Å². The third kappa shape index (κ3) is 4.08. The lowest BCUT2D eigenvalue weighted by molar-refractivity contribution is -0.384. The predicted octanol–water partition coefficient (Wildman–Crippen LogP) is 5.25. The molecule has 1 amide bonds. The Morgan fingerprint density at radius 1 is 1.30 bits per heavy atom. The average Bonchev–Trinajstić information content (AvgIpc) is 2.91. The van der Waals surface area contributed by atoms with E-state index in [0.717, 1.165) is 30.2 Å². The first kappa shape index (κ1) is 20.8. The van der Waals surface area contributed by atoms with Gasteiger partial charge in [-0.15, -0.1) is 0 Å². The molecule has 30 heavy (non-hydrogen) atoms. The quantitative estimate of drug-likeness (QED) is 0.479. The van der Waals surface area contributed by atoms with E-state index in [1.807, 2.05) is 43.9 Å². The first-order valence-electron chi connectivity index (χ1n) is 10.1. The van der Waals surface area contributed by atoms with Gasteiger partial charge in [-0.2, -0.15) is 0 Å². The van der Waals surface area contributed by atoms with E-state index in [9.17, 15) is 14.9 Å². The SMILES string of the molecule is CC(C)(C)OC(=O)N1C2CCC1CC(Nc1c([N+](=O)[O-])cnc3ccc(Br)cc13)C2. The number of carbonyl (C=O) groups is 1. The Bertz CT molecular complexity index is 992. The lowest BCUT2D eigenvalue weighted by Crippen LogP contribution is -2.51. The third-order valence-electron chi connectivity index (χ3n) is 5.69. The molecule has 0 spiro atoms. The van der Waals surface area contributed by atoms with Crippen molar-refractivity contribution < 1.29 is 14.5 Å². The number of ether oxygens (including phenoxy) is 1. The van der Waals surface area contributed by atoms with Crippen LogP contribution in [-0.4, -0.2) is 44.6 Å². The minimum Gasteiger partial charge on any atom is -0.444 e. The van der Waals surface area contributed by atoms with E-state index < -0.39 is 10.5 Å². The van der Waals surface area contributed by atoms with Crippen LogP contribution < -0.4 is 5.32 Å². The summed E-state index contributed by atoms with van der Waals surface area (Å²) in [4.78, 5) is 30.0. The van der Waals surface area contributed by atoms with Crippen molar-refractivity contribution in [2.24, 2.45) is 0 Å². The highest BCUT2D eigenvalue weighted by Crippen LogP contribution is 2.40. The Balaban J connectivity index is 1.59. The maximum Gasteiger partial charge on any atom is 0.410 e. The van der Waals surface area contributed by atoms with Gasteiger partial charge in [0.05, 0.1) is 10.4 Å². The van der Waals surface area contributed by atoms with Crippen LogP contribution in [-0.2, 0) is 4.74 Å². The number of hydrogen-bond donors (Lipinski definition) is 1. The maximum absolute atomic E-state index is 12.7. The summed E-state index contributed by atoms with van der Waals surface area (Å²) in [5, 5.41) is 15.8. The monoisotopic (exact) mass is 476 g/mol. The van der Waals surface area contributed by atoms with Gasteiger partial charge in [-0.05, 0) is 64.7 Å². The van der Waals surface area contributed by atoms with Crippen LogP contribution in [0.15, 0.2) is 28.9 Å². The number of carbonyl (C=O) groups excluding carboxylic acids is 1. The molecule has 0 aliphatic carbocycles. The molecule has 2 aromatic rings. The van der Waals surface area contributed by atoms with Gasteiger partial charge in [0, 0.05) is 28.0 Å². The van der Waals surface area contributed by atoms with Gasteiger partial charge >= 0.3 is 11.8 Å². The number of nitrogens with one attached hydrogen (secondary N) is 1. The highest BCUT2D eigenvalue weighted by molar-refractivity contribution is 9.10. The van der Waals surface area contributed by atoms with Crippen molar-refractivity contribution in [3.05, 3.63) is 39.0 Å². The molecule has 1 N–H and O–H groups in total. The molecule has 9 heteroatoms. The van der Waals surface area contributed by atoms with Crippen molar-refractivity contribution in [3.8, 4) is 0 Å². The van der Waals surface area contributed by atoms with E-state index >= 15 is 0 Å². The fourth-order valence-corrected chi connectivity index (χ4v) is 4.92. The number of benzene rings is 1. The molecular weight excluding hydrogens is 452 g/mol. The number of nitrogens with zero attached hydrogens (tertiary/aromatic N) is 3. The molecule has 1 aromatic heterocycles. The van der Waals surface area contributed by atoms with Gasteiger partial charge in [0.15, 0.2) is 0 Å². The van der Waals surface area contributed by atoms with Gasteiger partial charge in [-0.25, -0.2) is 9.78 Å². The number of fused-ring (bicyclic) bond motifs is 3. The molecule has 2 aliphatic rings. The van der Waals surface area contributed by atoms with Crippen LogP contribution >= 0.6 is 15.9 Å². The Morgan fingerprint density at radius 2 is 1.97 bits per heavy atom. The molecule has 160 valence electrons. The summed E-state index contributed by atoms with van der Waals surface area (Å²) in [5.41, 5.74) is 0.611. The Morgan fingerprint density at radius 3 is 2.57 bits per heavy atom. The maximum atomic E-state index is 12.7. The van der Waals surface area contributed by atoms with Crippen molar-refractivity contribution in [2.45, 2.75) is 70.2 Å². The minimum absolute atomic E-state index is 0.0319. The van der Waals surface area contributed by atoms with Crippen LogP contribution in [0.5, 0.6) is 0 Å². The summed E-state index contributed by atoms with van der Waals surface area (Å²) >= 11 is 3.45. The lowest BCUT2D eigenvalue weighted by Gasteiger charge is -2.40. The van der Waals surface area contributed by atoms with Crippen molar-refractivity contribution in [1.29, 1.82) is 0 Å². The summed E-state index contributed by atoms with van der Waals surface area (Å²) in [5.74, 6) is 0. The molecule has 8 nitrogen and oxygen atoms in total. The molecule has 3 heterocycles. The summed E-state index contributed by atoms with van der Waals surface area (Å²) < 4.78 is 6.43. The second-order valence-corrected chi connectivity index (χ2v) is 9.94. The molecule has 0 radical (unpaired) electrons. The number of pyridine rings is 1. The fraction of sp³-hybridized carbons (Fsp3) is 0.524. The Kier molecular flexibility index (Phi) is 5.34. The Hall–Kier alpha value is -2.42. The van der Waals surface area contributed by atoms with Crippen LogP contribution in [0.2, 0.25) is 0 Å². The highest BCUT2D eigenvalue weighted by atomic mass is 79.9. The van der Waals surface area contributed by atoms with E-state index in [2.05, 4.69) is 26.2 Å². The number of nitro groups is 1. The number of anilines is 1. The zero-order valence-electron chi connectivity index (χ0n) is 17.2. The van der Waals surface area contributed by atoms with E-state index in [-0.39, 0.29) is 29.9 Å². The van der Waals surface area contributed by atoms with Gasteiger partial charge in [0.25, 0.3) is 0 Å². The number of hydrogen-bond acceptors (Lipinski definition) is 6. The summed E-state index contributed by atoms with van der Waals surface area (Å²) in [6.07, 6.45) is 4.34. The van der Waals surface area contributed by atoms with E-state index in [4.69, 9.17) is 4.74 Å². The molecule has 2 fully saturated rings. The molecule has 2 aliphatic heterocycles. The fourth-order valence-electron chi connectivity index (χ4n) is 4.56. The molecule has 4 rings (SSSR count). The topological polar surface area (TPSA) is 97.6 Å². The van der Waals surface area contributed by atoms with E-state index in [0.29, 0.717) is 16.6 Å². The molecule has 0 saturated carbocycles. The lowest BCUT2D eigenvalue weighted by atomic mass is 9.97. The van der Waals surface area contributed by atoms with Crippen LogP contribution in [0, 0.1) is 10.1 Å². The minimum atomic E-state index is -0.532. The zero-order valence-corrected chi connectivity index (χ0v) is 18.8. The van der Waals surface area contributed by atoms with Crippen LogP contribution in [0.25, 0.3) is 10.9 Å². The second-order valence-electron chi connectivity index (χ2n) is 9.02. The van der Waals surface area contributed by atoms with Gasteiger partial charge in [-0.3, -0.25) is 10.1 Å². The van der Waals surface area contributed by atoms with Crippen molar-refractivity contribution >= 4 is 44.3 Å². The number of piperidine rings is 1. The smallest absolute Gasteiger partial charge is 0.410 e. The first-order valence-corrected chi connectivity index (χ1v) is 10.9. The standard InChI is InChI=1S/C21H25BrN4O4/c1-21(2,3)30-20(27)25-14-5-6-15(25)10-13(9-14)24-19-16-8-12(22)4-7-17(16)23-11-18(19)26(28)29/h4,7-8,11,13-15H,5-6,9-10H2,1-3H3,(H,23,24). The summed E-state index contributed by atoms with van der Waals surface area (Å²) in [7, 11) is 0. The molecule has 2 saturated heterocycles. The molecular formula is C21H25BrN4O4. The zero-order chi connectivity index (χ0) is 21.6. The van der Waals surface area contributed by atoms with Gasteiger partial charge in [0.2, 0.25) is 0 Å². The third-order valence-corrected chi connectivity index (χ3v) is 6.19. The predicted molar refractivity (Wildman–Crippen MR) is 118 cm³/mol. The van der Waals surface area contributed by atoms with Crippen molar-refractivity contribution in [2.75, 3.05) is 5.32 Å². The number of halogens is 1. The van der Waals surface area contributed by atoms with Crippen molar-refractivity contribution in [1.82, 2.24) is 9.88 Å². The number of rotatable bonds is 3. The highest BCUT2D eigenvalue weighted by Gasteiger charge is 2.45. The average molecular weight is 477 g/mol. The molecule has 1 aromatic carbocycles. The van der Waals surface area contributed by atoms with Gasteiger partial charge in [-0.1, -0.05) is 15.9 Å². The second kappa shape index (κ2) is 7.68.